The number of aliphatic hydroxyl groups is 3. The van der Waals surface area contributed by atoms with Gasteiger partial charge in [0.15, 0.2) is 0 Å². The fourth-order valence-electron chi connectivity index (χ4n) is 4.56. The van der Waals surface area contributed by atoms with E-state index in [0.717, 1.165) is 11.5 Å². The maximum absolute atomic E-state index is 12.8. The van der Waals surface area contributed by atoms with Crippen LogP contribution in [0.4, 0.5) is 26.3 Å². The molecule has 32 heavy (non-hydrogen) atoms. The lowest BCUT2D eigenvalue weighted by Crippen LogP contribution is -2.55. The maximum atomic E-state index is 12.8. The molecule has 0 radical (unpaired) electrons. The van der Waals surface area contributed by atoms with E-state index in [2.05, 4.69) is 0 Å². The molecule has 3 nitrogen and oxygen atoms in total. The topological polar surface area (TPSA) is 60.7 Å². The molecule has 2 rings (SSSR count). The van der Waals surface area contributed by atoms with Crippen molar-refractivity contribution < 1.29 is 41.7 Å². The number of hydrogen-bond donors (Lipinski definition) is 3. The van der Waals surface area contributed by atoms with Crippen molar-refractivity contribution in [2.75, 3.05) is 0 Å². The molecule has 2 aliphatic carbocycles. The number of hydrogen-bond acceptors (Lipinski definition) is 3. The Morgan fingerprint density at radius 1 is 1.00 bits per heavy atom. The lowest BCUT2D eigenvalue weighted by Gasteiger charge is -2.40. The maximum Gasteiger partial charge on any atom is 0.438 e. The van der Waals surface area contributed by atoms with Crippen LogP contribution in [0.2, 0.25) is 0 Å². The molecule has 0 saturated heterocycles. The van der Waals surface area contributed by atoms with E-state index in [1.807, 2.05) is 38.0 Å². The third kappa shape index (κ3) is 5.35. The van der Waals surface area contributed by atoms with Crippen molar-refractivity contribution in [1.82, 2.24) is 0 Å². The molecule has 0 unspecified atom stereocenters. The number of allylic oxidation sites excluding steroid dienone is 3. The minimum atomic E-state index is -5.95. The van der Waals surface area contributed by atoms with Gasteiger partial charge in [0.2, 0.25) is 0 Å². The monoisotopic (exact) mass is 468 g/mol. The standard InChI is InChI=1S/C23H30F6O3/c1-19(2)16(7-4-6-15-12-17(30)14-18(31)13-15)8-11-20(19,3)9-5-10-21(32,22(24,25)26)23(27,28)29/h4,6-7,16-18,30-32H,8-9,11-14H2,1-3H3/b7-4+/t16-,17-,18-,20+/m1/s1. The summed E-state index contributed by atoms with van der Waals surface area (Å²) in [5, 5.41) is 28.7. The van der Waals surface area contributed by atoms with E-state index in [9.17, 15) is 41.7 Å². The molecule has 2 aliphatic rings. The minimum absolute atomic E-state index is 0.00806. The number of rotatable bonds is 3. The Bertz CT molecular complexity index is 773. The molecule has 0 heterocycles. The lowest BCUT2D eigenvalue weighted by molar-refractivity contribution is -0.343. The van der Waals surface area contributed by atoms with E-state index < -0.39 is 41.0 Å². The molecule has 0 aromatic heterocycles. The van der Waals surface area contributed by atoms with E-state index in [1.165, 1.54) is 0 Å². The third-order valence-electron chi connectivity index (χ3n) is 7.27. The van der Waals surface area contributed by atoms with Gasteiger partial charge in [0.1, 0.15) is 0 Å². The Balaban J connectivity index is 2.15. The quantitative estimate of drug-likeness (QED) is 0.401. The largest absolute Gasteiger partial charge is 0.438 e. The summed E-state index contributed by atoms with van der Waals surface area (Å²) in [7, 11) is 0. The Morgan fingerprint density at radius 3 is 2.03 bits per heavy atom. The fourth-order valence-corrected chi connectivity index (χ4v) is 4.56. The van der Waals surface area contributed by atoms with E-state index in [0.29, 0.717) is 32.1 Å². The molecule has 0 aliphatic heterocycles. The van der Waals surface area contributed by atoms with Crippen LogP contribution in [-0.2, 0) is 0 Å². The van der Waals surface area contributed by atoms with Crippen LogP contribution in [0.15, 0.2) is 23.8 Å². The van der Waals surface area contributed by atoms with Crippen LogP contribution >= 0.6 is 0 Å². The predicted octanol–water partition coefficient (Wildman–Crippen LogP) is 5.07. The van der Waals surface area contributed by atoms with Gasteiger partial charge in [-0.05, 0) is 54.8 Å². The van der Waals surface area contributed by atoms with Gasteiger partial charge in [-0.1, -0.05) is 50.5 Å². The smallest absolute Gasteiger partial charge is 0.393 e. The summed E-state index contributed by atoms with van der Waals surface area (Å²) in [5.74, 6) is 3.05. The second-order valence-electron chi connectivity index (χ2n) is 9.77. The van der Waals surface area contributed by atoms with Crippen LogP contribution in [-0.4, -0.2) is 45.5 Å². The summed E-state index contributed by atoms with van der Waals surface area (Å²) in [6.45, 7) is 5.58. The highest BCUT2D eigenvalue weighted by atomic mass is 19.4. The van der Waals surface area contributed by atoms with Crippen molar-refractivity contribution in [2.24, 2.45) is 16.7 Å². The normalized spacial score (nSPS) is 31.5. The summed E-state index contributed by atoms with van der Waals surface area (Å²) in [6.07, 6.45) is -5.17. The van der Waals surface area contributed by atoms with Gasteiger partial charge < -0.3 is 15.3 Å². The van der Waals surface area contributed by atoms with Gasteiger partial charge >= 0.3 is 18.0 Å². The molecular formula is C23H30F6O3. The molecule has 9 heteroatoms. The minimum Gasteiger partial charge on any atom is -0.393 e. The first-order valence-corrected chi connectivity index (χ1v) is 10.5. The Kier molecular flexibility index (Phi) is 7.55. The van der Waals surface area contributed by atoms with Gasteiger partial charge in [-0.25, -0.2) is 0 Å². The molecule has 0 aromatic carbocycles. The van der Waals surface area contributed by atoms with Crippen LogP contribution in [0.25, 0.3) is 0 Å². The summed E-state index contributed by atoms with van der Waals surface area (Å²) in [6, 6.07) is 0. The van der Waals surface area contributed by atoms with Crippen molar-refractivity contribution in [1.29, 1.82) is 0 Å². The van der Waals surface area contributed by atoms with E-state index in [4.69, 9.17) is 0 Å². The molecule has 2 fully saturated rings. The average Bonchev–Trinajstić information content (AvgIpc) is 2.82. The number of alkyl halides is 6. The Hall–Kier alpha value is -1.50. The van der Waals surface area contributed by atoms with Gasteiger partial charge in [0, 0.05) is 6.42 Å². The molecule has 182 valence electrons. The van der Waals surface area contributed by atoms with Gasteiger partial charge in [0.25, 0.3) is 0 Å². The van der Waals surface area contributed by atoms with Crippen molar-refractivity contribution in [2.45, 2.75) is 89.5 Å². The summed E-state index contributed by atoms with van der Waals surface area (Å²) in [5.41, 5.74) is -5.27. The third-order valence-corrected chi connectivity index (χ3v) is 7.27. The van der Waals surface area contributed by atoms with Crippen LogP contribution in [0.5, 0.6) is 0 Å². The lowest BCUT2D eigenvalue weighted by atomic mass is 9.64. The summed E-state index contributed by atoms with van der Waals surface area (Å²) in [4.78, 5) is 0. The van der Waals surface area contributed by atoms with Crippen LogP contribution in [0, 0.1) is 28.6 Å². The first-order chi connectivity index (χ1) is 14.4. The first kappa shape index (κ1) is 26.7. The van der Waals surface area contributed by atoms with Gasteiger partial charge in [-0.3, -0.25) is 0 Å². The van der Waals surface area contributed by atoms with E-state index in [-0.39, 0.29) is 12.3 Å². The number of halogens is 6. The second kappa shape index (κ2) is 9.03. The zero-order valence-electron chi connectivity index (χ0n) is 18.3. The number of aliphatic hydroxyl groups excluding tert-OH is 2. The van der Waals surface area contributed by atoms with E-state index >= 15 is 0 Å². The predicted molar refractivity (Wildman–Crippen MR) is 107 cm³/mol. The molecule has 0 spiro atoms. The highest BCUT2D eigenvalue weighted by Gasteiger charge is 2.70. The van der Waals surface area contributed by atoms with Gasteiger partial charge in [-0.15, -0.1) is 0 Å². The van der Waals surface area contributed by atoms with E-state index in [1.54, 1.807) is 6.92 Å². The van der Waals surface area contributed by atoms with Crippen LogP contribution in [0.3, 0.4) is 0 Å². The molecular weight excluding hydrogens is 438 g/mol. The summed E-state index contributed by atoms with van der Waals surface area (Å²) >= 11 is 0. The summed E-state index contributed by atoms with van der Waals surface area (Å²) < 4.78 is 77.0. The molecule has 0 aromatic rings. The first-order valence-electron chi connectivity index (χ1n) is 10.5. The SMILES string of the molecule is CC1(C)[C@H](/C=C/C=C2C[C@@H](O)C[C@H](O)C2)CC[C@]1(C)CC#CC(O)(C(F)(F)F)C(F)(F)F. The van der Waals surface area contributed by atoms with Crippen LogP contribution < -0.4 is 0 Å². The Labute approximate surface area is 184 Å². The van der Waals surface area contributed by atoms with Crippen molar-refractivity contribution >= 4 is 0 Å². The zero-order valence-corrected chi connectivity index (χ0v) is 18.3. The highest BCUT2D eigenvalue weighted by Crippen LogP contribution is 2.58. The van der Waals surface area contributed by atoms with Crippen LogP contribution in [0.1, 0.15) is 59.3 Å². The fraction of sp³-hybridized carbons (Fsp3) is 0.739. The molecule has 4 atom stereocenters. The van der Waals surface area contributed by atoms with Gasteiger partial charge in [0.05, 0.1) is 12.2 Å². The van der Waals surface area contributed by atoms with Crippen molar-refractivity contribution in [3.63, 3.8) is 0 Å². The molecule has 2 saturated carbocycles. The second-order valence-corrected chi connectivity index (χ2v) is 9.77. The van der Waals surface area contributed by atoms with Crippen molar-refractivity contribution in [3.8, 4) is 11.8 Å². The molecule has 3 N–H and O–H groups in total. The molecule has 0 bridgehead atoms. The van der Waals surface area contributed by atoms with Gasteiger partial charge in [-0.2, -0.15) is 26.3 Å². The Morgan fingerprint density at radius 2 is 1.53 bits per heavy atom. The van der Waals surface area contributed by atoms with Crippen molar-refractivity contribution in [3.05, 3.63) is 23.8 Å². The zero-order chi connectivity index (χ0) is 24.6. The average molecular weight is 468 g/mol. The highest BCUT2D eigenvalue weighted by molar-refractivity contribution is 5.23. The molecule has 0 amide bonds.